The number of hydrogen-bond donors (Lipinski definition) is 4. The first-order chi connectivity index (χ1) is 35.1. The van der Waals surface area contributed by atoms with Crippen molar-refractivity contribution < 1.29 is 42.5 Å². The summed E-state index contributed by atoms with van der Waals surface area (Å²) in [5, 5.41) is 6.47. The van der Waals surface area contributed by atoms with Gasteiger partial charge in [-0.05, 0) is 119 Å². The number of nitrogens with one attached hydrogen (secondary N) is 4. The van der Waals surface area contributed by atoms with Crippen LogP contribution in [0, 0.1) is 23.6 Å². The highest BCUT2D eigenvalue weighted by atomic mass is 32.1. The van der Waals surface area contributed by atoms with Crippen LogP contribution in [0.25, 0.3) is 44.7 Å². The average molecular weight is 1020 g/mol. The van der Waals surface area contributed by atoms with Crippen molar-refractivity contribution in [3.05, 3.63) is 88.1 Å². The number of ether oxygens (including phenoxy) is 4. The van der Waals surface area contributed by atoms with E-state index in [1.54, 1.807) is 28.6 Å². The molecule has 1 saturated carbocycles. The monoisotopic (exact) mass is 1020 g/mol. The van der Waals surface area contributed by atoms with Gasteiger partial charge in [-0.25, -0.2) is 23.9 Å². The first-order valence-electron chi connectivity index (χ1n) is 25.4. The Morgan fingerprint density at radius 3 is 2.36 bits per heavy atom. The lowest BCUT2D eigenvalue weighted by Gasteiger charge is -2.40. The molecule has 8 heterocycles. The molecule has 384 valence electrons. The standard InChI is InChI=1S/C54H62FN9O8S/c1-8-33-12-14-43(73-33)51-64-37-13-11-28(35-25-57-48(58-35)41-22-32-20-39(32)63(41)50(66)46(61-53(68)70-7)29-15-17-71-54(4,5)24-29)18-31(37)21-40(64)44-34(55)19-30(23-42(44)72-51)36-26-56-47(59-36)38-10-9-16-62(38)49(65)45(27(2)3)60-52(67)69-6/h11-14,18-19,21,23,25-27,29,32,38-39,41,45-46,51H,8-10,15-17,20,22,24H2,1-7H3,(H,56,59)(H,57,58)(H,60,67)(H,61,68)/t29?,32-,38+,39-,41+,45+,46?,51?/m1/s1. The number of H-pyrrole nitrogens is 2. The maximum atomic E-state index is 17.0. The van der Waals surface area contributed by atoms with E-state index in [9.17, 15) is 19.2 Å². The predicted octanol–water partition coefficient (Wildman–Crippen LogP) is 9.43. The number of thiophene rings is 1. The highest BCUT2D eigenvalue weighted by molar-refractivity contribution is 7.12. The molecule has 4 aliphatic heterocycles. The smallest absolute Gasteiger partial charge is 0.407 e. The van der Waals surface area contributed by atoms with Crippen molar-refractivity contribution in [2.45, 2.75) is 122 Å². The van der Waals surface area contributed by atoms with Crippen LogP contribution in [0.4, 0.5) is 14.0 Å². The van der Waals surface area contributed by atoms with E-state index < -0.39 is 41.9 Å². The highest BCUT2D eigenvalue weighted by Gasteiger charge is 2.57. The van der Waals surface area contributed by atoms with Gasteiger partial charge in [0.25, 0.3) is 0 Å². The number of aryl methyl sites for hydroxylation is 1. The zero-order valence-electron chi connectivity index (χ0n) is 42.1. The van der Waals surface area contributed by atoms with Crippen LogP contribution >= 0.6 is 11.3 Å². The molecule has 73 heavy (non-hydrogen) atoms. The van der Waals surface area contributed by atoms with Crippen molar-refractivity contribution in [3.63, 3.8) is 0 Å². The van der Waals surface area contributed by atoms with Gasteiger partial charge in [0, 0.05) is 40.6 Å². The van der Waals surface area contributed by atoms with Crippen molar-refractivity contribution in [1.82, 2.24) is 44.9 Å². The van der Waals surface area contributed by atoms with Crippen LogP contribution in [0.5, 0.6) is 5.75 Å². The SMILES string of the molecule is CCc1ccc(C2Oc3cc(-c4cnc([C@@H]5CCCN5C(=O)[C@@H](NC(=O)OC)C(C)C)[nH]4)cc(F)c3-c3cc4cc(-c5cnc([C@@H]6C[C@H]7C[C@H]7N6C(=O)C(NC(=O)OC)C6CCOC(C)(C)C6)[nH]5)ccc4n32)s1. The maximum Gasteiger partial charge on any atom is 0.407 e. The molecular formula is C54H62FN9O8S. The molecule has 4 fully saturated rings. The van der Waals surface area contributed by atoms with Crippen LogP contribution in [0.3, 0.4) is 0 Å². The van der Waals surface area contributed by atoms with Gasteiger partial charge in [-0.3, -0.25) is 14.2 Å². The van der Waals surface area contributed by atoms with E-state index in [1.165, 1.54) is 25.2 Å². The fourth-order valence-electron chi connectivity index (χ4n) is 11.8. The Bertz CT molecular complexity index is 3120. The molecule has 8 atom stereocenters. The van der Waals surface area contributed by atoms with Crippen molar-refractivity contribution in [1.29, 1.82) is 0 Å². The average Bonchev–Trinajstić information content (AvgIpc) is 4.14. The summed E-state index contributed by atoms with van der Waals surface area (Å²) in [6.45, 7) is 10.9. The molecule has 5 aliphatic rings. The number of halogens is 1. The number of aromatic amines is 2. The van der Waals surface area contributed by atoms with Crippen LogP contribution in [0.1, 0.15) is 113 Å². The Kier molecular flexibility index (Phi) is 12.6. The van der Waals surface area contributed by atoms with Crippen LogP contribution in [0.15, 0.2) is 60.9 Å². The highest BCUT2D eigenvalue weighted by Crippen LogP contribution is 2.54. The summed E-state index contributed by atoms with van der Waals surface area (Å²) >= 11 is 1.66. The number of carbonyl (C=O) groups is 4. The molecule has 0 spiro atoms. The second-order valence-electron chi connectivity index (χ2n) is 21.1. The molecule has 6 aromatic rings. The summed E-state index contributed by atoms with van der Waals surface area (Å²) in [5.41, 5.74) is 4.23. The first-order valence-corrected chi connectivity index (χ1v) is 26.3. The Morgan fingerprint density at radius 1 is 0.904 bits per heavy atom. The first kappa shape index (κ1) is 48.5. The molecule has 4 N–H and O–H groups in total. The third-order valence-corrected chi connectivity index (χ3v) is 16.8. The molecule has 2 aromatic carbocycles. The minimum absolute atomic E-state index is 0.0788. The molecule has 4 amide bonds. The number of hydrogen-bond acceptors (Lipinski definition) is 11. The minimum Gasteiger partial charge on any atom is -0.464 e. The van der Waals surface area contributed by atoms with Crippen molar-refractivity contribution in [3.8, 4) is 39.5 Å². The molecule has 4 aromatic heterocycles. The second-order valence-corrected chi connectivity index (χ2v) is 22.3. The molecule has 11 rings (SSSR count). The topological polar surface area (TPSA) is 198 Å². The van der Waals surface area contributed by atoms with Crippen molar-refractivity contribution >= 4 is 46.2 Å². The van der Waals surface area contributed by atoms with Gasteiger partial charge in [-0.1, -0.05) is 26.8 Å². The van der Waals surface area contributed by atoms with Gasteiger partial charge in [0.05, 0.1) is 77.3 Å². The lowest BCUT2D eigenvalue weighted by atomic mass is 9.82. The van der Waals surface area contributed by atoms with Gasteiger partial charge < -0.3 is 49.3 Å². The molecule has 3 saturated heterocycles. The summed E-state index contributed by atoms with van der Waals surface area (Å²) in [5.74, 6) is 0.913. The second kappa shape index (κ2) is 19.0. The summed E-state index contributed by atoms with van der Waals surface area (Å²) in [6.07, 6.45) is 6.82. The summed E-state index contributed by atoms with van der Waals surface area (Å²) in [7, 11) is 2.58. The van der Waals surface area contributed by atoms with Crippen LogP contribution < -0.4 is 15.4 Å². The number of benzene rings is 2. The van der Waals surface area contributed by atoms with Gasteiger partial charge in [-0.2, -0.15) is 0 Å². The zero-order valence-corrected chi connectivity index (χ0v) is 42.9. The number of aromatic nitrogens is 5. The number of likely N-dealkylation sites (tertiary alicyclic amines) is 2. The van der Waals surface area contributed by atoms with Gasteiger partial charge in [-0.15, -0.1) is 11.3 Å². The molecular weight excluding hydrogens is 954 g/mol. The fraction of sp³-hybridized carbons (Fsp3) is 0.481. The van der Waals surface area contributed by atoms with Crippen molar-refractivity contribution in [2.24, 2.45) is 17.8 Å². The molecule has 0 bridgehead atoms. The van der Waals surface area contributed by atoms with Gasteiger partial charge in [0.2, 0.25) is 18.0 Å². The van der Waals surface area contributed by atoms with E-state index in [4.69, 9.17) is 28.9 Å². The van der Waals surface area contributed by atoms with Gasteiger partial charge in [0.15, 0.2) is 0 Å². The molecule has 3 unspecified atom stereocenters. The third-order valence-electron chi connectivity index (χ3n) is 15.6. The lowest BCUT2D eigenvalue weighted by Crippen LogP contribution is -2.55. The molecule has 17 nitrogen and oxygen atoms in total. The number of piperidine rings is 1. The normalized spacial score (nSPS) is 23.6. The minimum atomic E-state index is -0.772. The quantitative estimate of drug-likeness (QED) is 0.0916. The van der Waals surface area contributed by atoms with Gasteiger partial charge in [0.1, 0.15) is 35.3 Å². The van der Waals surface area contributed by atoms with E-state index in [0.717, 1.165) is 52.7 Å². The number of imidazole rings is 2. The van der Waals surface area contributed by atoms with E-state index in [2.05, 4.69) is 50.3 Å². The largest absolute Gasteiger partial charge is 0.464 e. The number of carbonyl (C=O) groups excluding carboxylic acids is 4. The van der Waals surface area contributed by atoms with Gasteiger partial charge >= 0.3 is 12.2 Å². The summed E-state index contributed by atoms with van der Waals surface area (Å²) < 4.78 is 41.7. The van der Waals surface area contributed by atoms with Crippen LogP contribution in [0.2, 0.25) is 0 Å². The molecule has 1 aliphatic carbocycles. The van der Waals surface area contributed by atoms with Crippen LogP contribution in [-0.4, -0.2) is 109 Å². The number of rotatable bonds is 12. The summed E-state index contributed by atoms with van der Waals surface area (Å²) in [6, 6.07) is 13.6. The van der Waals surface area contributed by atoms with Crippen LogP contribution in [-0.2, 0) is 30.2 Å². The number of nitrogens with zero attached hydrogens (tertiary/aromatic N) is 5. The zero-order chi connectivity index (χ0) is 51.0. The number of amides is 4. The van der Waals surface area contributed by atoms with Crippen molar-refractivity contribution in [2.75, 3.05) is 27.4 Å². The van der Waals surface area contributed by atoms with E-state index in [1.807, 2.05) is 56.9 Å². The Morgan fingerprint density at radius 2 is 1.64 bits per heavy atom. The fourth-order valence-corrected chi connectivity index (χ4v) is 12.8. The summed E-state index contributed by atoms with van der Waals surface area (Å²) in [4.78, 5) is 75.7. The maximum absolute atomic E-state index is 17.0. The Labute approximate surface area is 426 Å². The third kappa shape index (κ3) is 8.91. The predicted molar refractivity (Wildman–Crippen MR) is 271 cm³/mol. The molecule has 0 radical (unpaired) electrons. The number of methoxy groups -OCH3 is 2. The Hall–Kier alpha value is -6.73. The number of fused-ring (bicyclic) bond motifs is 6. The van der Waals surface area contributed by atoms with E-state index in [0.29, 0.717) is 78.2 Å². The lowest BCUT2D eigenvalue weighted by molar-refractivity contribution is -0.140. The van der Waals surface area contributed by atoms with E-state index in [-0.39, 0.29) is 41.8 Å². The molecule has 19 heteroatoms. The van der Waals surface area contributed by atoms with E-state index >= 15 is 4.39 Å². The number of alkyl carbamates (subject to hydrolysis) is 2. The Balaban J connectivity index is 0.893.